The summed E-state index contributed by atoms with van der Waals surface area (Å²) < 4.78 is 6.08. The second-order valence-corrected chi connectivity index (χ2v) is 6.70. The van der Waals surface area contributed by atoms with Crippen LogP contribution in [-0.4, -0.2) is 41.8 Å². The molecule has 1 aromatic carbocycles. The summed E-state index contributed by atoms with van der Waals surface area (Å²) in [5.74, 6) is 1.04. The molecule has 0 N–H and O–H groups in total. The summed E-state index contributed by atoms with van der Waals surface area (Å²) in [6, 6.07) is 8.70. The van der Waals surface area contributed by atoms with Crippen LogP contribution in [-0.2, 0) is 11.2 Å². The van der Waals surface area contributed by atoms with Crippen molar-refractivity contribution < 1.29 is 9.53 Å². The Hall–Kier alpha value is -1.06. The van der Waals surface area contributed by atoms with Crippen molar-refractivity contribution in [1.82, 2.24) is 4.90 Å². The van der Waals surface area contributed by atoms with E-state index in [1.807, 2.05) is 24.3 Å². The van der Waals surface area contributed by atoms with Crippen LogP contribution in [0.5, 0.6) is 5.75 Å². The first kappa shape index (κ1) is 15.8. The van der Waals surface area contributed by atoms with Gasteiger partial charge in [0.15, 0.2) is 5.78 Å². The van der Waals surface area contributed by atoms with E-state index < -0.39 is 0 Å². The summed E-state index contributed by atoms with van der Waals surface area (Å²) in [6.07, 6.45) is 7.13. The SMILES string of the molecule is O=C(CCl)Cc1ccc(OC2CCN(C3CCC3)CC2)cc1. The second kappa shape index (κ2) is 7.47. The first-order valence-corrected chi connectivity index (χ1v) is 8.85. The van der Waals surface area contributed by atoms with Gasteiger partial charge < -0.3 is 9.64 Å². The number of rotatable bonds is 6. The molecule has 3 rings (SSSR count). The highest BCUT2D eigenvalue weighted by atomic mass is 35.5. The summed E-state index contributed by atoms with van der Waals surface area (Å²) in [7, 11) is 0. The van der Waals surface area contributed by atoms with Crippen LogP contribution in [0.1, 0.15) is 37.7 Å². The first-order valence-electron chi connectivity index (χ1n) is 8.32. The fourth-order valence-corrected chi connectivity index (χ4v) is 3.36. The summed E-state index contributed by atoms with van der Waals surface area (Å²) in [4.78, 5) is 14.0. The minimum atomic E-state index is 0.0544. The van der Waals surface area contributed by atoms with Crippen LogP contribution in [0.25, 0.3) is 0 Å². The normalized spacial score (nSPS) is 20.6. The van der Waals surface area contributed by atoms with Crippen molar-refractivity contribution in [3.8, 4) is 5.75 Å². The summed E-state index contributed by atoms with van der Waals surface area (Å²) in [5, 5.41) is 0. The van der Waals surface area contributed by atoms with Gasteiger partial charge in [-0.2, -0.15) is 0 Å². The van der Waals surface area contributed by atoms with Crippen LogP contribution < -0.4 is 4.74 Å². The molecule has 0 amide bonds. The number of Topliss-reactive ketones (excluding diaryl/α,β-unsaturated/α-hetero) is 1. The average molecular weight is 322 g/mol. The molecule has 0 radical (unpaired) electrons. The van der Waals surface area contributed by atoms with Gasteiger partial charge in [-0.25, -0.2) is 0 Å². The van der Waals surface area contributed by atoms with Gasteiger partial charge in [0.2, 0.25) is 0 Å². The molecule has 0 spiro atoms. The third-order valence-corrected chi connectivity index (χ3v) is 5.14. The molecule has 0 unspecified atom stereocenters. The van der Waals surface area contributed by atoms with Gasteiger partial charge in [-0.1, -0.05) is 18.6 Å². The number of halogens is 1. The van der Waals surface area contributed by atoms with Crippen molar-refractivity contribution in [2.75, 3.05) is 19.0 Å². The van der Waals surface area contributed by atoms with Gasteiger partial charge in [0.25, 0.3) is 0 Å². The van der Waals surface area contributed by atoms with Crippen LogP contribution in [0.15, 0.2) is 24.3 Å². The van der Waals surface area contributed by atoms with E-state index in [9.17, 15) is 4.79 Å². The van der Waals surface area contributed by atoms with Crippen LogP contribution >= 0.6 is 11.6 Å². The maximum absolute atomic E-state index is 11.3. The van der Waals surface area contributed by atoms with Gasteiger partial charge in [-0.15, -0.1) is 11.6 Å². The molecule has 1 aliphatic heterocycles. The lowest BCUT2D eigenvalue weighted by Gasteiger charge is -2.41. The van der Waals surface area contributed by atoms with Crippen LogP contribution in [0.2, 0.25) is 0 Å². The van der Waals surface area contributed by atoms with E-state index >= 15 is 0 Å². The van der Waals surface area contributed by atoms with E-state index in [1.165, 1.54) is 19.3 Å². The molecule has 1 heterocycles. The maximum Gasteiger partial charge on any atom is 0.151 e. The van der Waals surface area contributed by atoms with E-state index in [4.69, 9.17) is 16.3 Å². The molecule has 1 saturated carbocycles. The van der Waals surface area contributed by atoms with E-state index in [1.54, 1.807) is 0 Å². The van der Waals surface area contributed by atoms with E-state index in [0.29, 0.717) is 12.5 Å². The molecule has 4 heteroatoms. The van der Waals surface area contributed by atoms with Crippen molar-refractivity contribution in [2.45, 2.75) is 50.7 Å². The standard InChI is InChI=1S/C18H24ClNO2/c19-13-16(21)12-14-4-6-17(7-5-14)22-18-8-10-20(11-9-18)15-2-1-3-15/h4-7,15,18H,1-3,8-13H2. The van der Waals surface area contributed by atoms with E-state index in [0.717, 1.165) is 43.3 Å². The second-order valence-electron chi connectivity index (χ2n) is 6.43. The molecular weight excluding hydrogens is 298 g/mol. The Kier molecular flexibility index (Phi) is 5.37. The van der Waals surface area contributed by atoms with Crippen molar-refractivity contribution >= 4 is 17.4 Å². The number of likely N-dealkylation sites (tertiary alicyclic amines) is 1. The lowest BCUT2D eigenvalue weighted by Crippen LogP contribution is -2.46. The van der Waals surface area contributed by atoms with Gasteiger partial charge in [0.1, 0.15) is 11.9 Å². The molecule has 3 nitrogen and oxygen atoms in total. The number of benzene rings is 1. The number of hydrogen-bond acceptors (Lipinski definition) is 3. The lowest BCUT2D eigenvalue weighted by molar-refractivity contribution is -0.116. The molecule has 0 atom stereocenters. The predicted octanol–water partition coefficient (Wildman–Crippen LogP) is 3.43. The summed E-state index contributed by atoms with van der Waals surface area (Å²) in [5.41, 5.74) is 0.998. The van der Waals surface area contributed by atoms with Crippen LogP contribution in [0.3, 0.4) is 0 Å². The van der Waals surface area contributed by atoms with Crippen molar-refractivity contribution in [2.24, 2.45) is 0 Å². The molecule has 2 aliphatic rings. The van der Waals surface area contributed by atoms with E-state index in [2.05, 4.69) is 4.90 Å². The van der Waals surface area contributed by atoms with Crippen LogP contribution in [0.4, 0.5) is 0 Å². The summed E-state index contributed by atoms with van der Waals surface area (Å²) >= 11 is 5.53. The van der Waals surface area contributed by atoms with Crippen molar-refractivity contribution in [3.05, 3.63) is 29.8 Å². The minimum absolute atomic E-state index is 0.0544. The highest BCUT2D eigenvalue weighted by Crippen LogP contribution is 2.28. The average Bonchev–Trinajstić information content (AvgIpc) is 2.49. The first-order chi connectivity index (χ1) is 10.7. The fraction of sp³-hybridized carbons (Fsp3) is 0.611. The van der Waals surface area contributed by atoms with Gasteiger partial charge in [0.05, 0.1) is 5.88 Å². The smallest absolute Gasteiger partial charge is 0.151 e. The Bertz CT molecular complexity index is 490. The highest BCUT2D eigenvalue weighted by Gasteiger charge is 2.29. The molecule has 1 saturated heterocycles. The fourth-order valence-electron chi connectivity index (χ4n) is 3.26. The number of nitrogens with zero attached hydrogens (tertiary/aromatic N) is 1. The molecule has 0 aromatic heterocycles. The molecule has 22 heavy (non-hydrogen) atoms. The van der Waals surface area contributed by atoms with Gasteiger partial charge >= 0.3 is 0 Å². The monoisotopic (exact) mass is 321 g/mol. The van der Waals surface area contributed by atoms with Gasteiger partial charge in [0, 0.05) is 25.6 Å². The topological polar surface area (TPSA) is 29.5 Å². The number of carbonyl (C=O) groups excluding carboxylic acids is 1. The zero-order valence-corrected chi connectivity index (χ0v) is 13.7. The number of ketones is 1. The number of hydrogen-bond donors (Lipinski definition) is 0. The molecule has 0 bridgehead atoms. The maximum atomic E-state index is 11.3. The zero-order valence-electron chi connectivity index (χ0n) is 13.0. The molecule has 1 aliphatic carbocycles. The Morgan fingerprint density at radius 3 is 2.36 bits per heavy atom. The molecule has 2 fully saturated rings. The number of piperidine rings is 1. The third-order valence-electron chi connectivity index (χ3n) is 4.84. The van der Waals surface area contributed by atoms with Crippen LogP contribution in [0, 0.1) is 0 Å². The predicted molar refractivity (Wildman–Crippen MR) is 88.7 cm³/mol. The highest BCUT2D eigenvalue weighted by molar-refractivity contribution is 6.27. The quantitative estimate of drug-likeness (QED) is 0.752. The van der Waals surface area contributed by atoms with Crippen molar-refractivity contribution in [3.63, 3.8) is 0 Å². The number of carbonyl (C=O) groups is 1. The Balaban J connectivity index is 1.46. The van der Waals surface area contributed by atoms with E-state index in [-0.39, 0.29) is 11.7 Å². The molecular formula is C18H24ClNO2. The number of alkyl halides is 1. The summed E-state index contributed by atoms with van der Waals surface area (Å²) in [6.45, 7) is 2.33. The molecule has 120 valence electrons. The van der Waals surface area contributed by atoms with Gasteiger partial charge in [-0.3, -0.25) is 4.79 Å². The molecule has 1 aromatic rings. The Morgan fingerprint density at radius 1 is 1.14 bits per heavy atom. The Morgan fingerprint density at radius 2 is 1.82 bits per heavy atom. The zero-order chi connectivity index (χ0) is 15.4. The largest absolute Gasteiger partial charge is 0.490 e. The van der Waals surface area contributed by atoms with Gasteiger partial charge in [-0.05, 0) is 43.4 Å². The Labute approximate surface area is 137 Å². The third kappa shape index (κ3) is 4.02. The minimum Gasteiger partial charge on any atom is -0.490 e. The number of ether oxygens (including phenoxy) is 1. The lowest BCUT2D eigenvalue weighted by atomic mass is 9.90. The van der Waals surface area contributed by atoms with Crippen molar-refractivity contribution in [1.29, 1.82) is 0 Å².